The second-order valence-electron chi connectivity index (χ2n) is 7.14. The minimum atomic E-state index is -0.491. The van der Waals surface area contributed by atoms with Crippen LogP contribution in [0.2, 0.25) is 0 Å². The molecule has 0 saturated carbocycles. The lowest BCUT2D eigenvalue weighted by Crippen LogP contribution is -2.44. The van der Waals surface area contributed by atoms with Crippen LogP contribution in [0.25, 0.3) is 0 Å². The van der Waals surface area contributed by atoms with E-state index in [1.165, 1.54) is 7.11 Å². The Labute approximate surface area is 148 Å². The number of anilines is 2. The third-order valence-electron chi connectivity index (χ3n) is 4.02. The molecule has 0 atom stereocenters. The van der Waals surface area contributed by atoms with Gasteiger partial charge in [0, 0.05) is 19.1 Å². The van der Waals surface area contributed by atoms with Gasteiger partial charge >= 0.3 is 12.1 Å². The SMILES string of the molecule is COC(=O)c1cccc(NC2CCN(C(=O)OC(C)(C)C)CC2)c1N. The molecule has 0 aliphatic carbocycles. The van der Waals surface area contributed by atoms with Gasteiger partial charge in [0.25, 0.3) is 0 Å². The predicted molar refractivity (Wildman–Crippen MR) is 96.6 cm³/mol. The van der Waals surface area contributed by atoms with E-state index in [1.54, 1.807) is 17.0 Å². The van der Waals surface area contributed by atoms with Crippen molar-refractivity contribution in [2.75, 3.05) is 31.2 Å². The number of rotatable bonds is 3. The lowest BCUT2D eigenvalue weighted by molar-refractivity contribution is 0.0210. The van der Waals surface area contributed by atoms with Crippen molar-refractivity contribution in [3.8, 4) is 0 Å². The predicted octanol–water partition coefficient (Wildman–Crippen LogP) is 2.87. The molecule has 7 nitrogen and oxygen atoms in total. The van der Waals surface area contributed by atoms with Gasteiger partial charge in [-0.3, -0.25) is 0 Å². The molecule has 1 aliphatic heterocycles. The molecule has 0 radical (unpaired) electrons. The van der Waals surface area contributed by atoms with Crippen LogP contribution in [0, 0.1) is 0 Å². The molecule has 138 valence electrons. The zero-order valence-electron chi connectivity index (χ0n) is 15.3. The number of hydrogen-bond donors (Lipinski definition) is 2. The fourth-order valence-corrected chi connectivity index (χ4v) is 2.73. The standard InChI is InChI=1S/C18H27N3O4/c1-18(2,3)25-17(23)21-10-8-12(9-11-21)20-14-7-5-6-13(15(14)19)16(22)24-4/h5-7,12,20H,8-11,19H2,1-4H3. The van der Waals surface area contributed by atoms with E-state index >= 15 is 0 Å². The number of benzene rings is 1. The maximum Gasteiger partial charge on any atom is 0.410 e. The summed E-state index contributed by atoms with van der Waals surface area (Å²) in [5, 5.41) is 3.36. The largest absolute Gasteiger partial charge is 0.465 e. The van der Waals surface area contributed by atoms with Crippen LogP contribution in [0.15, 0.2) is 18.2 Å². The second-order valence-corrected chi connectivity index (χ2v) is 7.14. The molecule has 1 aromatic rings. The Bertz CT molecular complexity index is 632. The molecule has 1 fully saturated rings. The normalized spacial score (nSPS) is 15.6. The Morgan fingerprint density at radius 1 is 1.24 bits per heavy atom. The number of ether oxygens (including phenoxy) is 2. The first-order valence-corrected chi connectivity index (χ1v) is 8.42. The van der Waals surface area contributed by atoms with Gasteiger partial charge in [0.05, 0.1) is 24.0 Å². The average molecular weight is 349 g/mol. The zero-order chi connectivity index (χ0) is 18.6. The first-order valence-electron chi connectivity index (χ1n) is 8.42. The number of nitrogens with one attached hydrogen (secondary N) is 1. The number of likely N-dealkylation sites (tertiary alicyclic amines) is 1. The van der Waals surface area contributed by atoms with Crippen LogP contribution in [-0.4, -0.2) is 48.8 Å². The van der Waals surface area contributed by atoms with E-state index in [0.717, 1.165) is 12.8 Å². The van der Waals surface area contributed by atoms with E-state index in [1.807, 2.05) is 26.8 Å². The minimum Gasteiger partial charge on any atom is -0.465 e. The van der Waals surface area contributed by atoms with Gasteiger partial charge in [0.15, 0.2) is 0 Å². The topological polar surface area (TPSA) is 93.9 Å². The highest BCUT2D eigenvalue weighted by Gasteiger charge is 2.27. The van der Waals surface area contributed by atoms with Crippen molar-refractivity contribution in [1.82, 2.24) is 4.90 Å². The van der Waals surface area contributed by atoms with Crippen LogP contribution >= 0.6 is 0 Å². The van der Waals surface area contributed by atoms with Crippen molar-refractivity contribution in [1.29, 1.82) is 0 Å². The fourth-order valence-electron chi connectivity index (χ4n) is 2.73. The van der Waals surface area contributed by atoms with Crippen molar-refractivity contribution < 1.29 is 19.1 Å². The summed E-state index contributed by atoms with van der Waals surface area (Å²) in [7, 11) is 1.33. The van der Waals surface area contributed by atoms with Gasteiger partial charge in [-0.1, -0.05) is 6.07 Å². The molecule has 2 rings (SSSR count). The Kier molecular flexibility index (Phi) is 5.77. The third-order valence-corrected chi connectivity index (χ3v) is 4.02. The number of piperidine rings is 1. The maximum atomic E-state index is 12.1. The molecule has 0 unspecified atom stereocenters. The van der Waals surface area contributed by atoms with E-state index in [0.29, 0.717) is 30.0 Å². The summed E-state index contributed by atoms with van der Waals surface area (Å²) >= 11 is 0. The number of nitrogens with zero attached hydrogens (tertiary/aromatic N) is 1. The molecule has 25 heavy (non-hydrogen) atoms. The van der Waals surface area contributed by atoms with Gasteiger partial charge in [-0.05, 0) is 45.7 Å². The van der Waals surface area contributed by atoms with Gasteiger partial charge < -0.3 is 25.4 Å². The molecular weight excluding hydrogens is 322 g/mol. The summed E-state index contributed by atoms with van der Waals surface area (Å²) in [6.45, 7) is 6.80. The van der Waals surface area contributed by atoms with Crippen LogP contribution in [0.5, 0.6) is 0 Å². The lowest BCUT2D eigenvalue weighted by Gasteiger charge is -2.34. The van der Waals surface area contributed by atoms with Crippen molar-refractivity contribution in [3.05, 3.63) is 23.8 Å². The molecule has 0 bridgehead atoms. The van der Waals surface area contributed by atoms with Gasteiger partial charge in [-0.25, -0.2) is 9.59 Å². The number of carbonyl (C=O) groups is 2. The van der Waals surface area contributed by atoms with E-state index in [2.05, 4.69) is 5.32 Å². The molecule has 1 amide bonds. The molecule has 1 saturated heterocycles. The summed E-state index contributed by atoms with van der Waals surface area (Å²) in [4.78, 5) is 25.5. The molecule has 3 N–H and O–H groups in total. The average Bonchev–Trinajstić information content (AvgIpc) is 2.55. The number of amides is 1. The van der Waals surface area contributed by atoms with Crippen LogP contribution < -0.4 is 11.1 Å². The second kappa shape index (κ2) is 7.63. The Balaban J connectivity index is 1.94. The number of esters is 1. The van der Waals surface area contributed by atoms with E-state index in [4.69, 9.17) is 15.2 Å². The summed E-state index contributed by atoms with van der Waals surface area (Å²) in [6.07, 6.45) is 1.28. The lowest BCUT2D eigenvalue weighted by atomic mass is 10.0. The van der Waals surface area contributed by atoms with Crippen LogP contribution in [0.3, 0.4) is 0 Å². The first kappa shape index (κ1) is 18.9. The van der Waals surface area contributed by atoms with Gasteiger partial charge in [-0.15, -0.1) is 0 Å². The van der Waals surface area contributed by atoms with Crippen LogP contribution in [-0.2, 0) is 9.47 Å². The molecule has 1 aromatic carbocycles. The number of nitrogen functional groups attached to an aromatic ring is 1. The smallest absolute Gasteiger partial charge is 0.410 e. The Hall–Kier alpha value is -2.44. The van der Waals surface area contributed by atoms with E-state index < -0.39 is 11.6 Å². The van der Waals surface area contributed by atoms with Gasteiger partial charge in [0.1, 0.15) is 5.60 Å². The molecular formula is C18H27N3O4. The summed E-state index contributed by atoms with van der Waals surface area (Å²) in [6, 6.07) is 5.41. The van der Waals surface area contributed by atoms with Crippen molar-refractivity contribution in [2.24, 2.45) is 0 Å². The van der Waals surface area contributed by atoms with Gasteiger partial charge in [-0.2, -0.15) is 0 Å². The van der Waals surface area contributed by atoms with Crippen molar-refractivity contribution >= 4 is 23.4 Å². The highest BCUT2D eigenvalue weighted by molar-refractivity contribution is 5.98. The molecule has 1 aliphatic rings. The van der Waals surface area contributed by atoms with E-state index in [-0.39, 0.29) is 12.1 Å². The highest BCUT2D eigenvalue weighted by atomic mass is 16.6. The molecule has 0 spiro atoms. The van der Waals surface area contributed by atoms with Gasteiger partial charge in [0.2, 0.25) is 0 Å². The van der Waals surface area contributed by atoms with Crippen molar-refractivity contribution in [2.45, 2.75) is 45.3 Å². The minimum absolute atomic E-state index is 0.175. The number of hydrogen-bond acceptors (Lipinski definition) is 6. The summed E-state index contributed by atoms with van der Waals surface area (Å²) < 4.78 is 10.1. The number of methoxy groups -OCH3 is 1. The van der Waals surface area contributed by atoms with Crippen LogP contribution in [0.4, 0.5) is 16.2 Å². The first-order chi connectivity index (χ1) is 11.7. The Morgan fingerprint density at radius 3 is 2.44 bits per heavy atom. The fraction of sp³-hybridized carbons (Fsp3) is 0.556. The third kappa shape index (κ3) is 5.01. The molecule has 7 heteroatoms. The highest BCUT2D eigenvalue weighted by Crippen LogP contribution is 2.26. The Morgan fingerprint density at radius 2 is 1.88 bits per heavy atom. The quantitative estimate of drug-likeness (QED) is 0.644. The monoisotopic (exact) mass is 349 g/mol. The molecule has 1 heterocycles. The summed E-state index contributed by atoms with van der Waals surface area (Å²) in [5.41, 5.74) is 7.01. The summed E-state index contributed by atoms with van der Waals surface area (Å²) in [5.74, 6) is -0.458. The van der Waals surface area contributed by atoms with Crippen LogP contribution in [0.1, 0.15) is 44.0 Å². The molecule has 0 aromatic heterocycles. The zero-order valence-corrected chi connectivity index (χ0v) is 15.3. The maximum absolute atomic E-state index is 12.1. The number of nitrogens with two attached hydrogens (primary N) is 1. The number of para-hydroxylation sites is 1. The van der Waals surface area contributed by atoms with Crippen molar-refractivity contribution in [3.63, 3.8) is 0 Å². The number of carbonyl (C=O) groups excluding carboxylic acids is 2. The van der Waals surface area contributed by atoms with E-state index in [9.17, 15) is 9.59 Å².